The number of aromatic nitrogens is 1. The maximum absolute atomic E-state index is 12.8. The third-order valence-electron chi connectivity index (χ3n) is 5.41. The van der Waals surface area contributed by atoms with Crippen LogP contribution in [0.2, 0.25) is 0 Å². The molecule has 2 amide bonds. The van der Waals surface area contributed by atoms with Gasteiger partial charge in [0.05, 0.1) is 12.0 Å². The SMILES string of the molecule is CC(C)C[C@@H](C#N)NC(=O)[C@@H]1CCCC[C@@H]1NC(=O)c1ccc2[nH]ccc2c1. The van der Waals surface area contributed by atoms with Crippen LogP contribution >= 0.6 is 0 Å². The van der Waals surface area contributed by atoms with Crippen LogP contribution in [0.15, 0.2) is 30.5 Å². The van der Waals surface area contributed by atoms with E-state index >= 15 is 0 Å². The number of H-pyrrole nitrogens is 1. The van der Waals surface area contributed by atoms with E-state index in [2.05, 4.69) is 21.7 Å². The molecule has 6 nitrogen and oxygen atoms in total. The minimum absolute atomic E-state index is 0.127. The Balaban J connectivity index is 1.67. The monoisotopic (exact) mass is 380 g/mol. The van der Waals surface area contributed by atoms with E-state index in [0.717, 1.165) is 36.6 Å². The topological polar surface area (TPSA) is 97.8 Å². The highest BCUT2D eigenvalue weighted by Crippen LogP contribution is 2.26. The molecule has 1 aromatic carbocycles. The van der Waals surface area contributed by atoms with Crippen molar-refractivity contribution in [2.75, 3.05) is 0 Å². The highest BCUT2D eigenvalue weighted by molar-refractivity contribution is 5.98. The van der Waals surface area contributed by atoms with Crippen molar-refractivity contribution in [3.63, 3.8) is 0 Å². The van der Waals surface area contributed by atoms with E-state index in [-0.39, 0.29) is 23.8 Å². The summed E-state index contributed by atoms with van der Waals surface area (Å²) >= 11 is 0. The smallest absolute Gasteiger partial charge is 0.251 e. The zero-order valence-electron chi connectivity index (χ0n) is 16.5. The van der Waals surface area contributed by atoms with E-state index in [9.17, 15) is 14.9 Å². The first-order chi connectivity index (χ1) is 13.5. The van der Waals surface area contributed by atoms with Gasteiger partial charge in [0, 0.05) is 28.7 Å². The van der Waals surface area contributed by atoms with Crippen molar-refractivity contribution in [3.8, 4) is 6.07 Å². The lowest BCUT2D eigenvalue weighted by molar-refractivity contribution is -0.127. The molecule has 0 bridgehead atoms. The first-order valence-corrected chi connectivity index (χ1v) is 10.1. The second-order valence-electron chi connectivity index (χ2n) is 8.07. The van der Waals surface area contributed by atoms with Crippen LogP contribution in [-0.2, 0) is 4.79 Å². The lowest BCUT2D eigenvalue weighted by atomic mass is 9.83. The van der Waals surface area contributed by atoms with Gasteiger partial charge in [-0.3, -0.25) is 9.59 Å². The Morgan fingerprint density at radius 2 is 2.04 bits per heavy atom. The van der Waals surface area contributed by atoms with Crippen LogP contribution in [0, 0.1) is 23.2 Å². The summed E-state index contributed by atoms with van der Waals surface area (Å²) in [4.78, 5) is 28.7. The van der Waals surface area contributed by atoms with Crippen molar-refractivity contribution >= 4 is 22.7 Å². The number of hydrogen-bond donors (Lipinski definition) is 3. The molecule has 0 radical (unpaired) electrons. The molecule has 1 saturated carbocycles. The summed E-state index contributed by atoms with van der Waals surface area (Å²) in [6, 6.07) is 8.95. The van der Waals surface area contributed by atoms with Crippen LogP contribution in [0.4, 0.5) is 0 Å². The Morgan fingerprint density at radius 3 is 2.79 bits per heavy atom. The predicted octanol–water partition coefficient (Wildman–Crippen LogP) is 3.51. The zero-order valence-corrected chi connectivity index (χ0v) is 16.5. The number of rotatable bonds is 6. The quantitative estimate of drug-likeness (QED) is 0.715. The lowest BCUT2D eigenvalue weighted by Crippen LogP contribution is -2.50. The summed E-state index contributed by atoms with van der Waals surface area (Å²) in [6.45, 7) is 4.06. The number of aromatic amines is 1. The molecule has 6 heteroatoms. The van der Waals surface area contributed by atoms with E-state index in [1.54, 1.807) is 6.07 Å². The van der Waals surface area contributed by atoms with Crippen LogP contribution in [0.3, 0.4) is 0 Å². The van der Waals surface area contributed by atoms with Gasteiger partial charge in [0.25, 0.3) is 5.91 Å². The Hall–Kier alpha value is -2.81. The Kier molecular flexibility index (Phi) is 6.35. The molecule has 148 valence electrons. The Labute approximate surface area is 165 Å². The fourth-order valence-corrected chi connectivity index (χ4v) is 3.96. The van der Waals surface area contributed by atoms with Crippen molar-refractivity contribution in [1.29, 1.82) is 5.26 Å². The van der Waals surface area contributed by atoms with Gasteiger partial charge in [0.2, 0.25) is 5.91 Å². The summed E-state index contributed by atoms with van der Waals surface area (Å²) in [7, 11) is 0. The van der Waals surface area contributed by atoms with Crippen LogP contribution < -0.4 is 10.6 Å². The normalized spacial score (nSPS) is 20.5. The highest BCUT2D eigenvalue weighted by Gasteiger charge is 2.33. The Bertz CT molecular complexity index is 880. The second-order valence-corrected chi connectivity index (χ2v) is 8.07. The van der Waals surface area contributed by atoms with Gasteiger partial charge in [-0.15, -0.1) is 0 Å². The van der Waals surface area contributed by atoms with Gasteiger partial charge in [-0.1, -0.05) is 26.7 Å². The minimum Gasteiger partial charge on any atom is -0.361 e. The van der Waals surface area contributed by atoms with Crippen LogP contribution in [0.5, 0.6) is 0 Å². The largest absolute Gasteiger partial charge is 0.361 e. The highest BCUT2D eigenvalue weighted by atomic mass is 16.2. The molecule has 1 fully saturated rings. The maximum Gasteiger partial charge on any atom is 0.251 e. The van der Waals surface area contributed by atoms with Gasteiger partial charge in [-0.2, -0.15) is 5.26 Å². The van der Waals surface area contributed by atoms with E-state index in [1.165, 1.54) is 0 Å². The number of hydrogen-bond acceptors (Lipinski definition) is 3. The Morgan fingerprint density at radius 1 is 1.25 bits per heavy atom. The van der Waals surface area contributed by atoms with Gasteiger partial charge < -0.3 is 15.6 Å². The average Bonchev–Trinajstić information content (AvgIpc) is 3.15. The predicted molar refractivity (Wildman–Crippen MR) is 109 cm³/mol. The molecule has 3 rings (SSSR count). The molecule has 2 aromatic rings. The third kappa shape index (κ3) is 4.72. The van der Waals surface area contributed by atoms with Crippen molar-refractivity contribution in [2.24, 2.45) is 11.8 Å². The van der Waals surface area contributed by atoms with E-state index in [1.807, 2.05) is 38.2 Å². The molecule has 0 aliphatic heterocycles. The van der Waals surface area contributed by atoms with Gasteiger partial charge >= 0.3 is 0 Å². The molecular formula is C22H28N4O2. The molecule has 1 aliphatic rings. The maximum atomic E-state index is 12.8. The number of nitrogens with zero attached hydrogens (tertiary/aromatic N) is 1. The molecule has 1 aromatic heterocycles. The number of carbonyl (C=O) groups excluding carboxylic acids is 2. The molecule has 1 heterocycles. The van der Waals surface area contributed by atoms with Gasteiger partial charge in [-0.05, 0) is 49.4 Å². The summed E-state index contributed by atoms with van der Waals surface area (Å²) in [5, 5.41) is 16.2. The first-order valence-electron chi connectivity index (χ1n) is 10.1. The van der Waals surface area contributed by atoms with Gasteiger partial charge in [0.15, 0.2) is 0 Å². The molecule has 28 heavy (non-hydrogen) atoms. The molecular weight excluding hydrogens is 352 g/mol. The number of nitrogens with one attached hydrogen (secondary N) is 3. The van der Waals surface area contributed by atoms with Gasteiger partial charge in [0.1, 0.15) is 6.04 Å². The summed E-state index contributed by atoms with van der Waals surface area (Å²) in [5.41, 5.74) is 1.57. The number of amides is 2. The zero-order chi connectivity index (χ0) is 20.1. The first kappa shape index (κ1) is 19.9. The minimum atomic E-state index is -0.484. The summed E-state index contributed by atoms with van der Waals surface area (Å²) in [6.07, 6.45) is 5.92. The number of nitriles is 1. The van der Waals surface area contributed by atoms with Gasteiger partial charge in [-0.25, -0.2) is 0 Å². The number of benzene rings is 1. The molecule has 3 atom stereocenters. The molecule has 0 spiro atoms. The third-order valence-corrected chi connectivity index (χ3v) is 5.41. The van der Waals surface area contributed by atoms with E-state index < -0.39 is 6.04 Å². The number of carbonyl (C=O) groups is 2. The van der Waals surface area contributed by atoms with Crippen LogP contribution in [-0.4, -0.2) is 28.9 Å². The standard InChI is InChI=1S/C22H28N4O2/c1-14(2)11-17(13-23)25-22(28)18-5-3-4-6-20(18)26-21(27)16-7-8-19-15(12-16)9-10-24-19/h7-10,12,14,17-18,20,24H,3-6,11H2,1-2H3,(H,25,28)(H,26,27)/t17-,18+,20-/m0/s1. The molecule has 0 saturated heterocycles. The average molecular weight is 380 g/mol. The molecule has 3 N–H and O–H groups in total. The fourth-order valence-electron chi connectivity index (χ4n) is 3.96. The second kappa shape index (κ2) is 8.92. The van der Waals surface area contributed by atoms with Crippen LogP contribution in [0.1, 0.15) is 56.3 Å². The molecule has 1 aliphatic carbocycles. The van der Waals surface area contributed by atoms with E-state index in [0.29, 0.717) is 17.9 Å². The molecule has 0 unspecified atom stereocenters. The van der Waals surface area contributed by atoms with Crippen LogP contribution in [0.25, 0.3) is 10.9 Å². The summed E-state index contributed by atoms with van der Waals surface area (Å²) < 4.78 is 0. The number of fused-ring (bicyclic) bond motifs is 1. The summed E-state index contributed by atoms with van der Waals surface area (Å²) in [5.74, 6) is -0.253. The lowest BCUT2D eigenvalue weighted by Gasteiger charge is -2.32. The van der Waals surface area contributed by atoms with Crippen molar-refractivity contribution in [3.05, 3.63) is 36.0 Å². The van der Waals surface area contributed by atoms with Crippen molar-refractivity contribution in [2.45, 2.75) is 58.0 Å². The van der Waals surface area contributed by atoms with E-state index in [4.69, 9.17) is 0 Å². The van der Waals surface area contributed by atoms with Crippen molar-refractivity contribution in [1.82, 2.24) is 15.6 Å². The fraction of sp³-hybridized carbons (Fsp3) is 0.500. The van der Waals surface area contributed by atoms with Crippen molar-refractivity contribution < 1.29 is 9.59 Å².